The van der Waals surface area contributed by atoms with Gasteiger partial charge in [-0.05, 0) is 55.3 Å². The highest BCUT2D eigenvalue weighted by molar-refractivity contribution is 8.15. The molecule has 4 rings (SSSR count). The second-order valence-electron chi connectivity index (χ2n) is 7.17. The molecule has 0 radical (unpaired) electrons. The first kappa shape index (κ1) is 19.8. The largest absolute Gasteiger partial charge is 0.334 e. The molecule has 0 aromatic heterocycles. The Bertz CT molecular complexity index is 1010. The van der Waals surface area contributed by atoms with Gasteiger partial charge in [0.2, 0.25) is 11.8 Å². The van der Waals surface area contributed by atoms with Crippen molar-refractivity contribution < 1.29 is 9.59 Å². The van der Waals surface area contributed by atoms with Gasteiger partial charge in [-0.25, -0.2) is 4.99 Å². The lowest BCUT2D eigenvalue weighted by atomic mass is 10.1. The molecule has 2 aromatic carbocycles. The van der Waals surface area contributed by atoms with E-state index in [9.17, 15) is 9.59 Å². The van der Waals surface area contributed by atoms with Crippen molar-refractivity contribution in [3.05, 3.63) is 58.6 Å². The van der Waals surface area contributed by atoms with Crippen LogP contribution in [0.15, 0.2) is 47.5 Å². The molecule has 0 spiro atoms. The van der Waals surface area contributed by atoms with Crippen LogP contribution in [0.2, 0.25) is 5.02 Å². The molecule has 2 aliphatic rings. The Hall–Kier alpha value is -2.51. The Kier molecular flexibility index (Phi) is 5.52. The summed E-state index contributed by atoms with van der Waals surface area (Å²) in [7, 11) is 0. The summed E-state index contributed by atoms with van der Waals surface area (Å²) in [6.45, 7) is 4.88. The number of halogens is 1. The molecule has 150 valence electrons. The number of rotatable bonds is 4. The number of thioether (sulfide) groups is 1. The zero-order valence-corrected chi connectivity index (χ0v) is 17.8. The maximum absolute atomic E-state index is 12.9. The van der Waals surface area contributed by atoms with Crippen molar-refractivity contribution >= 4 is 51.7 Å². The van der Waals surface area contributed by atoms with Crippen LogP contribution < -0.4 is 10.2 Å². The first-order valence-electron chi connectivity index (χ1n) is 9.31. The number of amides is 2. The van der Waals surface area contributed by atoms with Crippen LogP contribution in [0.1, 0.15) is 17.5 Å². The maximum atomic E-state index is 12.9. The molecule has 1 atom stereocenters. The van der Waals surface area contributed by atoms with Crippen LogP contribution in [0.3, 0.4) is 0 Å². The van der Waals surface area contributed by atoms with Gasteiger partial charge < -0.3 is 10.2 Å². The number of carbonyl (C=O) groups is 2. The zero-order chi connectivity index (χ0) is 20.5. The summed E-state index contributed by atoms with van der Waals surface area (Å²) in [6, 6.07) is 13.3. The number of hydrogen-bond acceptors (Lipinski definition) is 5. The van der Waals surface area contributed by atoms with Gasteiger partial charge in [-0.1, -0.05) is 35.5 Å². The van der Waals surface area contributed by atoms with Gasteiger partial charge in [0.1, 0.15) is 18.6 Å². The lowest BCUT2D eigenvalue weighted by Gasteiger charge is -2.32. The predicted molar refractivity (Wildman–Crippen MR) is 118 cm³/mol. The molecule has 2 aliphatic heterocycles. The number of benzene rings is 2. The van der Waals surface area contributed by atoms with E-state index in [1.807, 2.05) is 61.2 Å². The average molecular weight is 429 g/mol. The van der Waals surface area contributed by atoms with Crippen LogP contribution in [-0.4, -0.2) is 40.5 Å². The lowest BCUT2D eigenvalue weighted by Crippen LogP contribution is -2.46. The summed E-state index contributed by atoms with van der Waals surface area (Å²) >= 11 is 7.44. The van der Waals surface area contributed by atoms with Gasteiger partial charge in [0.05, 0.1) is 0 Å². The normalized spacial score (nSPS) is 18.5. The zero-order valence-electron chi connectivity index (χ0n) is 16.2. The number of fused-ring (bicyclic) bond motifs is 1. The van der Waals surface area contributed by atoms with E-state index in [-0.39, 0.29) is 18.2 Å². The summed E-state index contributed by atoms with van der Waals surface area (Å²) < 4.78 is 0. The van der Waals surface area contributed by atoms with Crippen molar-refractivity contribution in [1.29, 1.82) is 0 Å². The van der Waals surface area contributed by atoms with E-state index in [1.54, 1.807) is 4.90 Å². The van der Waals surface area contributed by atoms with Gasteiger partial charge in [0.25, 0.3) is 0 Å². The number of nitrogens with one attached hydrogen (secondary N) is 1. The van der Waals surface area contributed by atoms with Crippen LogP contribution >= 0.6 is 23.4 Å². The Balaban J connectivity index is 1.40. The molecule has 1 fully saturated rings. The summed E-state index contributed by atoms with van der Waals surface area (Å²) in [6.07, 6.45) is 0.114. The number of nitrogens with zero attached hydrogens (tertiary/aromatic N) is 3. The average Bonchev–Trinajstić information content (AvgIpc) is 2.99. The van der Waals surface area contributed by atoms with E-state index < -0.39 is 5.25 Å². The molecule has 0 bridgehead atoms. The molecule has 2 heterocycles. The monoisotopic (exact) mass is 428 g/mol. The van der Waals surface area contributed by atoms with Gasteiger partial charge in [0.15, 0.2) is 5.17 Å². The van der Waals surface area contributed by atoms with Gasteiger partial charge in [-0.15, -0.1) is 0 Å². The van der Waals surface area contributed by atoms with Crippen LogP contribution in [0.5, 0.6) is 0 Å². The molecule has 1 saturated heterocycles. The van der Waals surface area contributed by atoms with Crippen molar-refractivity contribution in [2.75, 3.05) is 23.6 Å². The van der Waals surface area contributed by atoms with Crippen LogP contribution in [0.25, 0.3) is 0 Å². The SMILES string of the molecule is Cc1ccc(NC(=O)C[C@H]2SC3=NCN(c4cccc(Cl)c4)CN3C2=O)cc1C. The molecule has 2 aromatic rings. The summed E-state index contributed by atoms with van der Waals surface area (Å²) in [4.78, 5) is 33.5. The number of aliphatic imine (C=N–C) groups is 1. The number of hydrogen-bond donors (Lipinski definition) is 1. The highest BCUT2D eigenvalue weighted by atomic mass is 35.5. The minimum absolute atomic E-state index is 0.0873. The van der Waals surface area contributed by atoms with E-state index in [0.717, 1.165) is 16.9 Å². The minimum Gasteiger partial charge on any atom is -0.334 e. The fraction of sp³-hybridized carbons (Fsp3) is 0.286. The molecule has 8 heteroatoms. The van der Waals surface area contributed by atoms with Gasteiger partial charge in [0, 0.05) is 22.8 Å². The Morgan fingerprint density at radius 3 is 2.83 bits per heavy atom. The van der Waals surface area contributed by atoms with E-state index in [1.165, 1.54) is 17.3 Å². The van der Waals surface area contributed by atoms with Crippen LogP contribution in [-0.2, 0) is 9.59 Å². The van der Waals surface area contributed by atoms with Crippen molar-refractivity contribution in [2.24, 2.45) is 4.99 Å². The first-order chi connectivity index (χ1) is 13.9. The number of anilines is 2. The number of aryl methyl sites for hydroxylation is 2. The molecule has 0 unspecified atom stereocenters. The Morgan fingerprint density at radius 1 is 1.24 bits per heavy atom. The fourth-order valence-electron chi connectivity index (χ4n) is 3.29. The van der Waals surface area contributed by atoms with E-state index >= 15 is 0 Å². The third-order valence-corrected chi connectivity index (χ3v) is 6.49. The summed E-state index contributed by atoms with van der Waals surface area (Å²) in [5.74, 6) is -0.262. The molecule has 29 heavy (non-hydrogen) atoms. The highest BCUT2D eigenvalue weighted by Crippen LogP contribution is 2.33. The molecule has 0 aliphatic carbocycles. The van der Waals surface area contributed by atoms with Gasteiger partial charge >= 0.3 is 0 Å². The molecule has 6 nitrogen and oxygen atoms in total. The third kappa shape index (κ3) is 4.26. The molecule has 0 saturated carbocycles. The third-order valence-electron chi connectivity index (χ3n) is 5.04. The standard InChI is InChI=1S/C21H21ClN4O2S/c1-13-6-7-16(8-14(13)2)24-19(27)10-18-20(28)26-12-25(11-23-21(26)29-18)17-5-3-4-15(22)9-17/h3-9,18H,10-12H2,1-2H3,(H,24,27)/t18-/m1/s1. The van der Waals surface area contributed by atoms with Crippen molar-refractivity contribution in [1.82, 2.24) is 4.90 Å². The summed E-state index contributed by atoms with van der Waals surface area (Å²) in [5.41, 5.74) is 3.94. The predicted octanol–water partition coefficient (Wildman–Crippen LogP) is 4.02. The van der Waals surface area contributed by atoms with Crippen LogP contribution in [0.4, 0.5) is 11.4 Å². The second-order valence-corrected chi connectivity index (χ2v) is 8.77. The van der Waals surface area contributed by atoms with Crippen molar-refractivity contribution in [3.8, 4) is 0 Å². The first-order valence-corrected chi connectivity index (χ1v) is 10.6. The topological polar surface area (TPSA) is 65.0 Å². The van der Waals surface area contributed by atoms with Gasteiger partial charge in [-0.3, -0.25) is 14.5 Å². The Morgan fingerprint density at radius 2 is 2.07 bits per heavy atom. The second kappa shape index (κ2) is 8.08. The van der Waals surface area contributed by atoms with E-state index in [0.29, 0.717) is 23.5 Å². The highest BCUT2D eigenvalue weighted by Gasteiger charge is 2.41. The number of carbonyl (C=O) groups excluding carboxylic acids is 2. The van der Waals surface area contributed by atoms with Gasteiger partial charge in [-0.2, -0.15) is 0 Å². The summed E-state index contributed by atoms with van der Waals surface area (Å²) in [5, 5.41) is 3.75. The van der Waals surface area contributed by atoms with Crippen LogP contribution in [0, 0.1) is 13.8 Å². The maximum Gasteiger partial charge on any atom is 0.244 e. The minimum atomic E-state index is -0.459. The van der Waals surface area contributed by atoms with E-state index in [4.69, 9.17) is 11.6 Å². The molecular formula is C21H21ClN4O2S. The Labute approximate surface area is 178 Å². The lowest BCUT2D eigenvalue weighted by molar-refractivity contribution is -0.128. The number of amidine groups is 1. The van der Waals surface area contributed by atoms with Crippen molar-refractivity contribution in [3.63, 3.8) is 0 Å². The molecular weight excluding hydrogens is 408 g/mol. The molecule has 2 amide bonds. The van der Waals surface area contributed by atoms with E-state index in [2.05, 4.69) is 10.3 Å². The smallest absolute Gasteiger partial charge is 0.244 e. The molecule has 1 N–H and O–H groups in total. The fourth-order valence-corrected chi connectivity index (χ4v) is 4.60. The quantitative estimate of drug-likeness (QED) is 0.798. The van der Waals surface area contributed by atoms with Crippen molar-refractivity contribution in [2.45, 2.75) is 25.5 Å².